The Labute approximate surface area is 223 Å². The van der Waals surface area contributed by atoms with Crippen LogP contribution in [0.2, 0.25) is 5.02 Å². The quantitative estimate of drug-likeness (QED) is 0.429. The Morgan fingerprint density at radius 1 is 1.08 bits per heavy atom. The summed E-state index contributed by atoms with van der Waals surface area (Å²) < 4.78 is 5.37. The summed E-state index contributed by atoms with van der Waals surface area (Å²) in [7, 11) is 1.56. The Bertz CT molecular complexity index is 1050. The molecule has 36 heavy (non-hydrogen) atoms. The number of carbonyl (C=O) groups is 3. The van der Waals surface area contributed by atoms with Gasteiger partial charge in [0.1, 0.15) is 17.7 Å². The molecule has 3 amide bonds. The number of hydrogen-bond acceptors (Lipinski definition) is 5. The Balaban J connectivity index is 2.39. The molecule has 0 radical (unpaired) electrons. The summed E-state index contributed by atoms with van der Waals surface area (Å²) in [6, 6.07) is 11.0. The van der Waals surface area contributed by atoms with E-state index in [9.17, 15) is 14.4 Å². The zero-order chi connectivity index (χ0) is 27.0. The number of benzene rings is 2. The van der Waals surface area contributed by atoms with Crippen LogP contribution < -0.4 is 10.6 Å². The normalized spacial score (nSPS) is 12.9. The van der Waals surface area contributed by atoms with Crippen LogP contribution in [0.25, 0.3) is 0 Å². The maximum Gasteiger partial charge on any atom is 0.408 e. The average molecular weight is 534 g/mol. The predicted molar refractivity (Wildman–Crippen MR) is 148 cm³/mol. The van der Waals surface area contributed by atoms with Gasteiger partial charge in [0, 0.05) is 7.05 Å². The summed E-state index contributed by atoms with van der Waals surface area (Å²) in [6.07, 6.45) is 1.63. The summed E-state index contributed by atoms with van der Waals surface area (Å²) in [4.78, 5) is 41.1. The molecule has 2 aromatic carbocycles. The number of aryl methyl sites for hydroxylation is 2. The number of para-hydroxylation sites is 1. The molecule has 2 aromatic rings. The van der Waals surface area contributed by atoms with Crippen molar-refractivity contribution in [3.05, 3.63) is 64.2 Å². The number of hydrogen-bond donors (Lipinski definition) is 2. The number of thioether (sulfide) groups is 1. The maximum absolute atomic E-state index is 13.7. The first-order valence-corrected chi connectivity index (χ1v) is 13.5. The minimum absolute atomic E-state index is 0.384. The highest BCUT2D eigenvalue weighted by molar-refractivity contribution is 7.98. The van der Waals surface area contributed by atoms with Gasteiger partial charge in [-0.3, -0.25) is 9.59 Å². The fourth-order valence-corrected chi connectivity index (χ4v) is 4.34. The molecule has 9 heteroatoms. The first-order chi connectivity index (χ1) is 16.8. The van der Waals surface area contributed by atoms with Crippen LogP contribution in [0, 0.1) is 13.8 Å². The zero-order valence-corrected chi connectivity index (χ0v) is 23.5. The van der Waals surface area contributed by atoms with Crippen molar-refractivity contribution < 1.29 is 19.1 Å². The van der Waals surface area contributed by atoms with Gasteiger partial charge < -0.3 is 20.3 Å². The topological polar surface area (TPSA) is 87.7 Å². The third-order valence-electron chi connectivity index (χ3n) is 5.45. The van der Waals surface area contributed by atoms with E-state index in [1.165, 1.54) is 4.90 Å². The van der Waals surface area contributed by atoms with Crippen LogP contribution in [0.5, 0.6) is 0 Å². The molecule has 0 aliphatic rings. The Hall–Kier alpha value is -2.71. The first-order valence-electron chi connectivity index (χ1n) is 11.7. The summed E-state index contributed by atoms with van der Waals surface area (Å²) in [5.74, 6) is -0.168. The second-order valence-electron chi connectivity index (χ2n) is 9.66. The highest BCUT2D eigenvalue weighted by Gasteiger charge is 2.34. The minimum Gasteiger partial charge on any atom is -0.444 e. The Morgan fingerprint density at radius 2 is 1.72 bits per heavy atom. The number of anilines is 1. The van der Waals surface area contributed by atoms with Gasteiger partial charge in [0.15, 0.2) is 0 Å². The van der Waals surface area contributed by atoms with Crippen molar-refractivity contribution in [2.24, 2.45) is 0 Å². The second kappa shape index (κ2) is 13.0. The van der Waals surface area contributed by atoms with E-state index in [4.69, 9.17) is 16.3 Å². The van der Waals surface area contributed by atoms with Crippen LogP contribution in [0.3, 0.4) is 0 Å². The molecule has 7 nitrogen and oxygen atoms in total. The van der Waals surface area contributed by atoms with Crippen LogP contribution >= 0.6 is 23.4 Å². The highest BCUT2D eigenvalue weighted by Crippen LogP contribution is 2.29. The predicted octanol–water partition coefficient (Wildman–Crippen LogP) is 5.74. The molecule has 0 aliphatic heterocycles. The molecule has 0 fully saturated rings. The van der Waals surface area contributed by atoms with Gasteiger partial charge in [-0.1, -0.05) is 53.6 Å². The van der Waals surface area contributed by atoms with E-state index in [0.29, 0.717) is 28.4 Å². The lowest BCUT2D eigenvalue weighted by Crippen LogP contribution is -2.51. The van der Waals surface area contributed by atoms with Crippen molar-refractivity contribution in [3.8, 4) is 0 Å². The SMILES string of the molecule is CSCCC(NC(=O)OC(C)(C)C)C(=O)N(C)C(C(=O)Nc1c(C)cccc1Cl)c1ccc(C)cc1. The van der Waals surface area contributed by atoms with Gasteiger partial charge in [-0.25, -0.2) is 4.79 Å². The molecule has 2 N–H and O–H groups in total. The summed E-state index contributed by atoms with van der Waals surface area (Å²) >= 11 is 7.91. The number of amides is 3. The molecule has 2 atom stereocenters. The molecule has 2 unspecified atom stereocenters. The summed E-state index contributed by atoms with van der Waals surface area (Å²) in [6.45, 7) is 9.06. The monoisotopic (exact) mass is 533 g/mol. The maximum atomic E-state index is 13.7. The zero-order valence-electron chi connectivity index (χ0n) is 22.0. The van der Waals surface area contributed by atoms with Gasteiger partial charge in [0.05, 0.1) is 10.7 Å². The smallest absolute Gasteiger partial charge is 0.408 e. The molecule has 0 aromatic heterocycles. The van der Waals surface area contributed by atoms with Crippen molar-refractivity contribution >= 4 is 47.0 Å². The number of likely N-dealkylation sites (N-methyl/N-ethyl adjacent to an activating group) is 1. The summed E-state index contributed by atoms with van der Waals surface area (Å²) in [5, 5.41) is 6.00. The molecule has 0 saturated carbocycles. The van der Waals surface area contributed by atoms with E-state index in [1.54, 1.807) is 51.7 Å². The van der Waals surface area contributed by atoms with Crippen LogP contribution in [-0.2, 0) is 14.3 Å². The average Bonchev–Trinajstić information content (AvgIpc) is 2.78. The van der Waals surface area contributed by atoms with E-state index < -0.39 is 35.6 Å². The van der Waals surface area contributed by atoms with E-state index in [0.717, 1.165) is 11.1 Å². The van der Waals surface area contributed by atoms with Gasteiger partial charge in [0.2, 0.25) is 5.91 Å². The van der Waals surface area contributed by atoms with E-state index in [1.807, 2.05) is 50.4 Å². The number of halogens is 1. The molecule has 0 spiro atoms. The van der Waals surface area contributed by atoms with Crippen LogP contribution in [0.15, 0.2) is 42.5 Å². The van der Waals surface area contributed by atoms with Crippen molar-refractivity contribution in [1.29, 1.82) is 0 Å². The van der Waals surface area contributed by atoms with Gasteiger partial charge in [0.25, 0.3) is 5.91 Å². The number of ether oxygens (including phenoxy) is 1. The molecule has 0 heterocycles. The van der Waals surface area contributed by atoms with Crippen molar-refractivity contribution in [2.45, 2.75) is 58.7 Å². The largest absolute Gasteiger partial charge is 0.444 e. The molecule has 2 rings (SSSR count). The molecular weight excluding hydrogens is 498 g/mol. The fourth-order valence-electron chi connectivity index (χ4n) is 3.60. The number of rotatable bonds is 9. The Morgan fingerprint density at radius 3 is 2.28 bits per heavy atom. The molecule has 0 saturated heterocycles. The van der Waals surface area contributed by atoms with Crippen LogP contribution in [0.4, 0.5) is 10.5 Å². The fraction of sp³-hybridized carbons (Fsp3) is 0.444. The highest BCUT2D eigenvalue weighted by atomic mass is 35.5. The number of alkyl carbamates (subject to hydrolysis) is 1. The van der Waals surface area contributed by atoms with Crippen molar-refractivity contribution in [2.75, 3.05) is 24.4 Å². The van der Waals surface area contributed by atoms with Gasteiger partial charge in [-0.05, 0) is 70.2 Å². The van der Waals surface area contributed by atoms with E-state index >= 15 is 0 Å². The third-order valence-corrected chi connectivity index (χ3v) is 6.41. The molecule has 0 bridgehead atoms. The van der Waals surface area contributed by atoms with Gasteiger partial charge >= 0.3 is 6.09 Å². The standard InChI is InChI=1S/C27H36ClN3O4S/c1-17-11-13-19(14-12-17)23(24(32)30-22-18(2)9-8-10-20(22)28)31(6)25(33)21(15-16-36-7)29-26(34)35-27(3,4)5/h8-14,21,23H,15-16H2,1-7H3,(H,29,34)(H,30,32). The molecule has 0 aliphatic carbocycles. The lowest BCUT2D eigenvalue weighted by Gasteiger charge is -2.32. The first kappa shape index (κ1) is 29.5. The lowest BCUT2D eigenvalue weighted by atomic mass is 10.0. The van der Waals surface area contributed by atoms with Gasteiger partial charge in [-0.15, -0.1) is 0 Å². The molecule has 196 valence electrons. The number of carbonyl (C=O) groups excluding carboxylic acids is 3. The minimum atomic E-state index is -0.953. The second-order valence-corrected chi connectivity index (χ2v) is 11.1. The van der Waals surface area contributed by atoms with Crippen molar-refractivity contribution in [3.63, 3.8) is 0 Å². The van der Waals surface area contributed by atoms with E-state index in [-0.39, 0.29) is 0 Å². The van der Waals surface area contributed by atoms with Crippen molar-refractivity contribution in [1.82, 2.24) is 10.2 Å². The Kier molecular flexibility index (Phi) is 10.7. The number of nitrogens with one attached hydrogen (secondary N) is 2. The van der Waals surface area contributed by atoms with E-state index in [2.05, 4.69) is 10.6 Å². The van der Waals surface area contributed by atoms with Crippen LogP contribution in [0.1, 0.15) is 49.9 Å². The lowest BCUT2D eigenvalue weighted by molar-refractivity contribution is -0.139. The van der Waals surface area contributed by atoms with Crippen LogP contribution in [-0.4, -0.2) is 53.5 Å². The molecular formula is C27H36ClN3O4S. The third kappa shape index (κ3) is 8.45. The van der Waals surface area contributed by atoms with Gasteiger partial charge in [-0.2, -0.15) is 11.8 Å². The summed E-state index contributed by atoms with van der Waals surface area (Å²) in [5.41, 5.74) is 2.25. The number of nitrogens with zero attached hydrogens (tertiary/aromatic N) is 1.